The molecule has 3 saturated carbocycles. The molecule has 1 heterocycles. The fourth-order valence-electron chi connectivity index (χ4n) is 9.39. The lowest BCUT2D eigenvalue weighted by Gasteiger charge is -2.58. The summed E-state index contributed by atoms with van der Waals surface area (Å²) in [5.41, 5.74) is 1.83. The first-order valence-electron chi connectivity index (χ1n) is 14.4. The van der Waals surface area contributed by atoms with Gasteiger partial charge in [-0.1, -0.05) is 39.3 Å². The number of hydrogen-bond acceptors (Lipinski definition) is 5. The molecule has 5 aliphatic rings. The Labute approximate surface area is 217 Å². The van der Waals surface area contributed by atoms with Crippen LogP contribution in [-0.4, -0.2) is 30.8 Å². The molecule has 0 radical (unpaired) electrons. The quantitative estimate of drug-likeness (QED) is 0.322. The van der Waals surface area contributed by atoms with E-state index in [9.17, 15) is 9.59 Å². The molecular formula is C31H46O5. The number of rotatable bonds is 4. The molecule has 0 aromatic carbocycles. The summed E-state index contributed by atoms with van der Waals surface area (Å²) in [6, 6.07) is 0. The minimum absolute atomic E-state index is 0.0313. The molecule has 10 atom stereocenters. The van der Waals surface area contributed by atoms with Crippen molar-refractivity contribution in [2.75, 3.05) is 6.61 Å². The molecule has 0 N–H and O–H groups in total. The van der Waals surface area contributed by atoms with Crippen molar-refractivity contribution in [1.29, 1.82) is 0 Å². The first kappa shape index (κ1) is 25.9. The van der Waals surface area contributed by atoms with Crippen LogP contribution in [0.4, 0.5) is 0 Å². The van der Waals surface area contributed by atoms with Gasteiger partial charge in [0.1, 0.15) is 12.2 Å². The minimum atomic E-state index is -0.166. The fourth-order valence-corrected chi connectivity index (χ4v) is 9.39. The third-order valence-corrected chi connectivity index (χ3v) is 11.0. The number of esters is 2. The summed E-state index contributed by atoms with van der Waals surface area (Å²) in [5, 5.41) is 0. The second-order valence-electron chi connectivity index (χ2n) is 13.2. The number of carbonyl (C=O) groups excluding carboxylic acids is 2. The van der Waals surface area contributed by atoms with Gasteiger partial charge in [0.2, 0.25) is 0 Å². The monoisotopic (exact) mass is 498 g/mol. The van der Waals surface area contributed by atoms with E-state index in [1.807, 2.05) is 0 Å². The lowest BCUT2D eigenvalue weighted by atomic mass is 9.47. The fraction of sp³-hybridized carbons (Fsp3) is 0.806. The Morgan fingerprint density at radius 2 is 1.78 bits per heavy atom. The molecule has 0 aromatic heterocycles. The molecular weight excluding hydrogens is 452 g/mol. The Balaban J connectivity index is 1.43. The molecule has 0 spiro atoms. The summed E-state index contributed by atoms with van der Waals surface area (Å²) in [6.07, 6.45) is 13.2. The van der Waals surface area contributed by atoms with Gasteiger partial charge in [0.05, 0.1) is 12.4 Å². The summed E-state index contributed by atoms with van der Waals surface area (Å²) in [7, 11) is 0. The standard InChI is InChI=1S/C31H46O5/c1-18-7-10-27(34-17-18)19(2)29-28(36-21(4)33)16-26-24-9-8-22-15-23(35-20(3)32)11-13-30(22,5)25(24)12-14-31(26,29)6/h8,10,18-19,23-26,28-29H,7,9,11-17H2,1-6H3/t18?,19-,23+,24-,25+,26+,28+,29+,30+,31+/m1/s1. The van der Waals surface area contributed by atoms with E-state index in [-0.39, 0.29) is 46.8 Å². The van der Waals surface area contributed by atoms with Crippen molar-refractivity contribution in [3.8, 4) is 0 Å². The molecule has 5 rings (SSSR count). The molecule has 4 aliphatic carbocycles. The normalized spacial score (nSPS) is 44.6. The van der Waals surface area contributed by atoms with Gasteiger partial charge < -0.3 is 14.2 Å². The Morgan fingerprint density at radius 1 is 1.03 bits per heavy atom. The zero-order chi connectivity index (χ0) is 25.8. The molecule has 0 aromatic rings. The number of allylic oxidation sites excluding steroid dienone is 3. The van der Waals surface area contributed by atoms with Gasteiger partial charge >= 0.3 is 11.9 Å². The molecule has 36 heavy (non-hydrogen) atoms. The third-order valence-electron chi connectivity index (χ3n) is 11.0. The maximum atomic E-state index is 12.2. The van der Waals surface area contributed by atoms with Crippen molar-refractivity contribution in [1.82, 2.24) is 0 Å². The van der Waals surface area contributed by atoms with Gasteiger partial charge in [-0.15, -0.1) is 0 Å². The first-order valence-corrected chi connectivity index (χ1v) is 14.4. The third kappa shape index (κ3) is 4.32. The molecule has 0 saturated heterocycles. The van der Waals surface area contributed by atoms with Crippen molar-refractivity contribution in [2.45, 2.75) is 105 Å². The van der Waals surface area contributed by atoms with Gasteiger partial charge in [0, 0.05) is 32.1 Å². The van der Waals surface area contributed by atoms with Gasteiger partial charge in [-0.25, -0.2) is 0 Å². The van der Waals surface area contributed by atoms with E-state index in [0.29, 0.717) is 23.7 Å². The topological polar surface area (TPSA) is 61.8 Å². The molecule has 0 amide bonds. The number of hydrogen-bond donors (Lipinski definition) is 0. The predicted octanol–water partition coefficient (Wildman–Crippen LogP) is 6.62. The highest BCUT2D eigenvalue weighted by atomic mass is 16.5. The number of ether oxygens (including phenoxy) is 3. The molecule has 1 unspecified atom stereocenters. The summed E-state index contributed by atoms with van der Waals surface area (Å²) >= 11 is 0. The number of fused-ring (bicyclic) bond motifs is 5. The number of carbonyl (C=O) groups is 2. The average Bonchev–Trinajstić information content (AvgIpc) is 3.10. The summed E-state index contributed by atoms with van der Waals surface area (Å²) < 4.78 is 18.0. The predicted molar refractivity (Wildman–Crippen MR) is 139 cm³/mol. The van der Waals surface area contributed by atoms with Gasteiger partial charge in [0.15, 0.2) is 0 Å². The molecule has 200 valence electrons. The Hall–Kier alpha value is -1.78. The van der Waals surface area contributed by atoms with Crippen molar-refractivity contribution < 1.29 is 23.8 Å². The molecule has 0 bridgehead atoms. The smallest absolute Gasteiger partial charge is 0.302 e. The van der Waals surface area contributed by atoms with E-state index in [0.717, 1.165) is 50.9 Å². The molecule has 3 fully saturated rings. The maximum absolute atomic E-state index is 12.2. The summed E-state index contributed by atoms with van der Waals surface area (Å²) in [4.78, 5) is 23.8. The van der Waals surface area contributed by atoms with Crippen LogP contribution in [-0.2, 0) is 23.8 Å². The second-order valence-corrected chi connectivity index (χ2v) is 13.2. The SMILES string of the molecule is CC(=O)O[C@H]1CC[C@@]2(C)C(=CC[C@H]3[C@@H]4C[C@H](OC(C)=O)[C@H]([C@H](C)C5=CCC(C)CO5)[C@@]4(C)CC[C@@H]32)C1. The van der Waals surface area contributed by atoms with Crippen LogP contribution in [0.1, 0.15) is 92.9 Å². The van der Waals surface area contributed by atoms with Crippen molar-refractivity contribution in [2.24, 2.45) is 46.3 Å². The Morgan fingerprint density at radius 3 is 2.44 bits per heavy atom. The highest BCUT2D eigenvalue weighted by Crippen LogP contribution is 2.68. The van der Waals surface area contributed by atoms with Crippen LogP contribution in [0.3, 0.4) is 0 Å². The van der Waals surface area contributed by atoms with Crippen LogP contribution in [0.2, 0.25) is 0 Å². The van der Waals surface area contributed by atoms with Crippen molar-refractivity contribution in [3.63, 3.8) is 0 Å². The van der Waals surface area contributed by atoms with E-state index in [1.54, 1.807) is 6.92 Å². The maximum Gasteiger partial charge on any atom is 0.302 e. The first-order chi connectivity index (χ1) is 17.0. The zero-order valence-corrected chi connectivity index (χ0v) is 23.2. The van der Waals surface area contributed by atoms with Crippen LogP contribution >= 0.6 is 0 Å². The minimum Gasteiger partial charge on any atom is -0.498 e. The van der Waals surface area contributed by atoms with E-state index >= 15 is 0 Å². The van der Waals surface area contributed by atoms with Crippen LogP contribution in [0, 0.1) is 46.3 Å². The van der Waals surface area contributed by atoms with Crippen molar-refractivity contribution in [3.05, 3.63) is 23.5 Å². The van der Waals surface area contributed by atoms with Crippen LogP contribution < -0.4 is 0 Å². The average molecular weight is 499 g/mol. The molecule has 1 aliphatic heterocycles. The molecule has 5 nitrogen and oxygen atoms in total. The van der Waals surface area contributed by atoms with E-state index in [2.05, 4.69) is 39.8 Å². The second kappa shape index (κ2) is 9.51. The Bertz CT molecular complexity index is 951. The van der Waals surface area contributed by atoms with Crippen LogP contribution in [0.15, 0.2) is 23.5 Å². The largest absolute Gasteiger partial charge is 0.498 e. The summed E-state index contributed by atoms with van der Waals surface area (Å²) in [5.74, 6) is 3.67. The van der Waals surface area contributed by atoms with E-state index in [1.165, 1.54) is 25.3 Å². The van der Waals surface area contributed by atoms with Gasteiger partial charge in [-0.05, 0) is 85.5 Å². The lowest BCUT2D eigenvalue weighted by Crippen LogP contribution is -2.51. The van der Waals surface area contributed by atoms with Crippen LogP contribution in [0.25, 0.3) is 0 Å². The highest BCUT2D eigenvalue weighted by molar-refractivity contribution is 5.66. The van der Waals surface area contributed by atoms with Crippen LogP contribution in [0.5, 0.6) is 0 Å². The van der Waals surface area contributed by atoms with E-state index in [4.69, 9.17) is 14.2 Å². The zero-order valence-electron chi connectivity index (χ0n) is 23.2. The van der Waals surface area contributed by atoms with Gasteiger partial charge in [-0.2, -0.15) is 0 Å². The Kier molecular flexibility index (Phi) is 6.83. The van der Waals surface area contributed by atoms with Gasteiger partial charge in [0.25, 0.3) is 0 Å². The lowest BCUT2D eigenvalue weighted by molar-refractivity contribution is -0.151. The summed E-state index contributed by atoms with van der Waals surface area (Å²) in [6.45, 7) is 13.4. The van der Waals surface area contributed by atoms with E-state index < -0.39 is 0 Å². The van der Waals surface area contributed by atoms with Crippen molar-refractivity contribution >= 4 is 11.9 Å². The molecule has 5 heteroatoms. The highest BCUT2D eigenvalue weighted by Gasteiger charge is 2.63. The van der Waals surface area contributed by atoms with Gasteiger partial charge in [-0.3, -0.25) is 9.59 Å².